The summed E-state index contributed by atoms with van der Waals surface area (Å²) in [5.41, 5.74) is 4.14. The molecule has 32 heavy (non-hydrogen) atoms. The molecule has 5 nitrogen and oxygen atoms in total. The average Bonchev–Trinajstić information content (AvgIpc) is 3.44. The molecule has 1 aliphatic heterocycles. The van der Waals surface area contributed by atoms with Crippen LogP contribution in [0, 0.1) is 0 Å². The normalized spacial score (nSPS) is 17.9. The summed E-state index contributed by atoms with van der Waals surface area (Å²) >= 11 is 9.36. The topological polar surface area (TPSA) is 42.3 Å². The molecule has 1 saturated heterocycles. The lowest BCUT2D eigenvalue weighted by atomic mass is 10.0. The van der Waals surface area contributed by atoms with Gasteiger partial charge in [-0.2, -0.15) is 0 Å². The van der Waals surface area contributed by atoms with E-state index in [0.717, 1.165) is 33.0 Å². The molecule has 0 spiro atoms. The molecule has 3 heterocycles. The van der Waals surface area contributed by atoms with Gasteiger partial charge < -0.3 is 19.5 Å². The first-order chi connectivity index (χ1) is 15.7. The fourth-order valence-corrected chi connectivity index (χ4v) is 4.76. The highest BCUT2D eigenvalue weighted by Gasteiger charge is 2.42. The van der Waals surface area contributed by atoms with Crippen molar-refractivity contribution in [3.8, 4) is 11.4 Å². The van der Waals surface area contributed by atoms with Gasteiger partial charge in [0.25, 0.3) is 0 Å². The molecule has 5 rings (SSSR count). The predicted octanol–water partition coefficient (Wildman–Crippen LogP) is 5.82. The van der Waals surface area contributed by atoms with Crippen LogP contribution in [0.1, 0.15) is 23.5 Å². The monoisotopic (exact) mass is 504 g/mol. The third kappa shape index (κ3) is 3.78. The van der Waals surface area contributed by atoms with Crippen molar-refractivity contribution < 1.29 is 4.74 Å². The first kappa shape index (κ1) is 20.7. The van der Waals surface area contributed by atoms with E-state index in [1.807, 2.05) is 60.8 Å². The van der Waals surface area contributed by atoms with E-state index in [-0.39, 0.29) is 12.1 Å². The molecule has 160 valence electrons. The van der Waals surface area contributed by atoms with E-state index in [0.29, 0.717) is 5.11 Å². The quantitative estimate of drug-likeness (QED) is 0.346. The Hall–Kier alpha value is -3.16. The molecule has 1 N–H and O–H groups in total. The van der Waals surface area contributed by atoms with Crippen molar-refractivity contribution in [1.29, 1.82) is 0 Å². The van der Waals surface area contributed by atoms with Gasteiger partial charge in [-0.25, -0.2) is 0 Å². The Morgan fingerprint density at radius 3 is 2.38 bits per heavy atom. The summed E-state index contributed by atoms with van der Waals surface area (Å²) < 4.78 is 8.60. The Morgan fingerprint density at radius 1 is 0.938 bits per heavy atom. The number of rotatable bonds is 5. The molecule has 2 aromatic carbocycles. The average molecular weight is 505 g/mol. The van der Waals surface area contributed by atoms with E-state index in [2.05, 4.69) is 66.2 Å². The molecule has 2 aromatic heterocycles. The molecule has 1 aliphatic rings. The molecular formula is C25H21BrN4OS. The maximum atomic E-state index is 5.83. The van der Waals surface area contributed by atoms with E-state index >= 15 is 0 Å². The number of anilines is 1. The van der Waals surface area contributed by atoms with Crippen LogP contribution in [0.5, 0.6) is 5.75 Å². The molecule has 0 bridgehead atoms. The molecule has 0 saturated carbocycles. The number of ether oxygens (including phenoxy) is 1. The number of hydrogen-bond donors (Lipinski definition) is 1. The van der Waals surface area contributed by atoms with Crippen LogP contribution < -0.4 is 15.0 Å². The molecule has 2 unspecified atom stereocenters. The van der Waals surface area contributed by atoms with Gasteiger partial charge in [0.15, 0.2) is 5.11 Å². The van der Waals surface area contributed by atoms with Crippen molar-refractivity contribution in [3.63, 3.8) is 0 Å². The van der Waals surface area contributed by atoms with Crippen LogP contribution in [-0.2, 0) is 0 Å². The number of nitrogens with zero attached hydrogens (tertiary/aromatic N) is 3. The maximum Gasteiger partial charge on any atom is 0.174 e. The van der Waals surface area contributed by atoms with Crippen molar-refractivity contribution in [1.82, 2.24) is 14.9 Å². The van der Waals surface area contributed by atoms with E-state index in [1.54, 1.807) is 7.11 Å². The maximum absolute atomic E-state index is 5.83. The molecule has 4 aromatic rings. The van der Waals surface area contributed by atoms with Crippen molar-refractivity contribution in [2.24, 2.45) is 0 Å². The van der Waals surface area contributed by atoms with Gasteiger partial charge in [-0.05, 0) is 85.0 Å². The van der Waals surface area contributed by atoms with Crippen LogP contribution in [0.15, 0.2) is 95.7 Å². The minimum atomic E-state index is -0.102. The zero-order valence-corrected chi connectivity index (χ0v) is 19.8. The van der Waals surface area contributed by atoms with Crippen LogP contribution in [-0.4, -0.2) is 21.8 Å². The fourth-order valence-electron chi connectivity index (χ4n) is 4.15. The Balaban J connectivity index is 1.64. The Morgan fingerprint density at radius 2 is 1.69 bits per heavy atom. The smallest absolute Gasteiger partial charge is 0.174 e. The summed E-state index contributed by atoms with van der Waals surface area (Å²) in [6.45, 7) is 0. The van der Waals surface area contributed by atoms with Gasteiger partial charge in [0.1, 0.15) is 11.8 Å². The summed E-state index contributed by atoms with van der Waals surface area (Å²) in [5, 5.41) is 4.18. The van der Waals surface area contributed by atoms with Crippen LogP contribution in [0.3, 0.4) is 0 Å². The first-order valence-electron chi connectivity index (χ1n) is 10.2. The Bertz CT molecular complexity index is 1230. The molecule has 1 fully saturated rings. The lowest BCUT2D eigenvalue weighted by molar-refractivity contribution is 0.415. The minimum absolute atomic E-state index is 0.0931. The highest BCUT2D eigenvalue weighted by atomic mass is 79.9. The first-order valence-corrected chi connectivity index (χ1v) is 11.4. The van der Waals surface area contributed by atoms with E-state index in [4.69, 9.17) is 17.0 Å². The lowest BCUT2D eigenvalue weighted by Gasteiger charge is -2.29. The standard InChI is InChI=1S/C25H21BrN4OS/c1-31-20-13-11-19(12-14-20)30-24(23(28-25(30)32)21-5-2-3-15-27-21)22-6-4-16-29(22)18-9-7-17(26)8-10-18/h2-16,23-24H,1H3,(H,28,32). The summed E-state index contributed by atoms with van der Waals surface area (Å²) in [4.78, 5) is 6.81. The van der Waals surface area contributed by atoms with E-state index in [1.165, 1.54) is 0 Å². The highest BCUT2D eigenvalue weighted by molar-refractivity contribution is 9.10. The van der Waals surface area contributed by atoms with Gasteiger partial charge in [0.05, 0.1) is 18.8 Å². The second-order valence-electron chi connectivity index (χ2n) is 7.47. The van der Waals surface area contributed by atoms with Crippen molar-refractivity contribution in [3.05, 3.63) is 107 Å². The summed E-state index contributed by atoms with van der Waals surface area (Å²) in [5.74, 6) is 0.808. The largest absolute Gasteiger partial charge is 0.497 e. The van der Waals surface area contributed by atoms with E-state index < -0.39 is 0 Å². The Kier molecular flexibility index (Phi) is 5.68. The molecule has 2 atom stereocenters. The zero-order valence-electron chi connectivity index (χ0n) is 17.4. The summed E-state index contributed by atoms with van der Waals surface area (Å²) in [6.07, 6.45) is 3.91. The van der Waals surface area contributed by atoms with Crippen molar-refractivity contribution in [2.75, 3.05) is 12.0 Å². The Labute approximate surface area is 200 Å². The van der Waals surface area contributed by atoms with Gasteiger partial charge in [-0.1, -0.05) is 22.0 Å². The second kappa shape index (κ2) is 8.76. The number of hydrogen-bond acceptors (Lipinski definition) is 3. The van der Waals surface area contributed by atoms with Gasteiger partial charge in [0.2, 0.25) is 0 Å². The predicted molar refractivity (Wildman–Crippen MR) is 134 cm³/mol. The third-order valence-electron chi connectivity index (χ3n) is 5.64. The van der Waals surface area contributed by atoms with Crippen LogP contribution in [0.4, 0.5) is 5.69 Å². The van der Waals surface area contributed by atoms with Crippen molar-refractivity contribution in [2.45, 2.75) is 12.1 Å². The number of pyridine rings is 1. The highest BCUT2D eigenvalue weighted by Crippen LogP contribution is 2.42. The van der Waals surface area contributed by atoms with Crippen LogP contribution >= 0.6 is 28.1 Å². The summed E-state index contributed by atoms with van der Waals surface area (Å²) in [7, 11) is 1.67. The number of aromatic nitrogens is 2. The van der Waals surface area contributed by atoms with Gasteiger partial charge in [0, 0.05) is 33.9 Å². The minimum Gasteiger partial charge on any atom is -0.497 e. The summed E-state index contributed by atoms with van der Waals surface area (Å²) in [6, 6.07) is 26.3. The molecule has 0 aliphatic carbocycles. The van der Waals surface area contributed by atoms with Gasteiger partial charge in [-0.15, -0.1) is 0 Å². The fraction of sp³-hybridized carbons (Fsp3) is 0.120. The zero-order chi connectivity index (χ0) is 22.1. The SMILES string of the molecule is COc1ccc(N2C(=S)NC(c3ccccn3)C2c2cccn2-c2ccc(Br)cc2)cc1. The number of benzene rings is 2. The number of thiocarbonyl (C=S) groups is 1. The van der Waals surface area contributed by atoms with Crippen LogP contribution in [0.2, 0.25) is 0 Å². The number of nitrogens with one attached hydrogen (secondary N) is 1. The molecule has 0 radical (unpaired) electrons. The van der Waals surface area contributed by atoms with Crippen molar-refractivity contribution >= 4 is 38.9 Å². The third-order valence-corrected chi connectivity index (χ3v) is 6.48. The number of methoxy groups -OCH3 is 1. The molecular weight excluding hydrogens is 484 g/mol. The van der Waals surface area contributed by atoms with E-state index in [9.17, 15) is 0 Å². The van der Waals surface area contributed by atoms with Gasteiger partial charge >= 0.3 is 0 Å². The van der Waals surface area contributed by atoms with Gasteiger partial charge in [-0.3, -0.25) is 4.98 Å². The lowest BCUT2D eigenvalue weighted by Crippen LogP contribution is -2.30. The van der Waals surface area contributed by atoms with Crippen LogP contribution in [0.25, 0.3) is 5.69 Å². The number of halogens is 1. The second-order valence-corrected chi connectivity index (χ2v) is 8.78. The molecule has 0 amide bonds. The molecule has 7 heteroatoms.